The molecule has 0 bridgehead atoms. The molecule has 198 valence electrons. The standard InChI is InChI=1S/C27H34N4O4S2/c1-6-31-23(17-10-8-9-11-19(17)32)29-30-26(31)36-15-21(33)28-24-22(25(34)35-7-2)18-13-12-16(27(3,4)5)14-20(18)37-24/h8-11,16,32H,6-7,12-15H2,1-5H3,(H,28,33)/t16-/m1/s1. The van der Waals surface area contributed by atoms with Gasteiger partial charge in [0.1, 0.15) is 10.8 Å². The number of fused-ring (bicyclic) bond motifs is 1. The number of rotatable bonds is 8. The fraction of sp³-hybridized carbons (Fsp3) is 0.481. The number of esters is 1. The molecule has 0 fully saturated rings. The number of aromatic hydroxyl groups is 1. The Labute approximate surface area is 225 Å². The number of ether oxygens (including phenoxy) is 1. The number of para-hydroxylation sites is 1. The van der Waals surface area contributed by atoms with Crippen molar-refractivity contribution in [1.82, 2.24) is 14.8 Å². The van der Waals surface area contributed by atoms with Gasteiger partial charge in [-0.05, 0) is 62.1 Å². The summed E-state index contributed by atoms with van der Waals surface area (Å²) in [7, 11) is 0. The lowest BCUT2D eigenvalue weighted by atomic mass is 9.72. The van der Waals surface area contributed by atoms with Crippen LogP contribution >= 0.6 is 23.1 Å². The molecule has 1 atom stereocenters. The van der Waals surface area contributed by atoms with E-state index in [0.717, 1.165) is 29.7 Å². The summed E-state index contributed by atoms with van der Waals surface area (Å²) in [5, 5.41) is 22.9. The summed E-state index contributed by atoms with van der Waals surface area (Å²) in [5.41, 5.74) is 2.29. The van der Waals surface area contributed by atoms with Gasteiger partial charge in [-0.1, -0.05) is 44.7 Å². The first kappa shape index (κ1) is 27.2. The van der Waals surface area contributed by atoms with Gasteiger partial charge in [0.15, 0.2) is 11.0 Å². The number of hydrogen-bond donors (Lipinski definition) is 2. The van der Waals surface area contributed by atoms with Gasteiger partial charge in [-0.15, -0.1) is 21.5 Å². The molecule has 2 aromatic heterocycles. The number of nitrogens with zero attached hydrogens (tertiary/aromatic N) is 3. The first-order valence-corrected chi connectivity index (χ1v) is 14.4. The number of phenols is 1. The maximum atomic E-state index is 13.0. The van der Waals surface area contributed by atoms with Crippen molar-refractivity contribution in [1.29, 1.82) is 0 Å². The highest BCUT2D eigenvalue weighted by Crippen LogP contribution is 2.44. The Morgan fingerprint density at radius 3 is 2.68 bits per heavy atom. The fourth-order valence-corrected chi connectivity index (χ4v) is 6.80. The molecular weight excluding hydrogens is 508 g/mol. The topological polar surface area (TPSA) is 106 Å². The van der Waals surface area contributed by atoms with E-state index in [1.807, 2.05) is 17.6 Å². The third kappa shape index (κ3) is 5.85. The molecule has 0 radical (unpaired) electrons. The average molecular weight is 543 g/mol. The van der Waals surface area contributed by atoms with Gasteiger partial charge in [0.25, 0.3) is 0 Å². The van der Waals surface area contributed by atoms with Crippen molar-refractivity contribution in [2.75, 3.05) is 17.7 Å². The first-order valence-electron chi connectivity index (χ1n) is 12.6. The molecule has 0 spiro atoms. The van der Waals surface area contributed by atoms with Gasteiger partial charge in [0, 0.05) is 11.4 Å². The molecule has 0 saturated heterocycles. The Hall–Kier alpha value is -2.85. The molecule has 0 saturated carbocycles. The van der Waals surface area contributed by atoms with Crippen LogP contribution in [0, 0.1) is 11.3 Å². The number of phenolic OH excluding ortho intramolecular Hbond substituents is 1. The average Bonchev–Trinajstić information content (AvgIpc) is 3.42. The molecule has 0 unspecified atom stereocenters. The van der Waals surface area contributed by atoms with E-state index in [2.05, 4.69) is 36.3 Å². The van der Waals surface area contributed by atoms with Crippen molar-refractivity contribution in [3.05, 3.63) is 40.3 Å². The van der Waals surface area contributed by atoms with E-state index in [0.29, 0.717) is 39.6 Å². The lowest BCUT2D eigenvalue weighted by molar-refractivity contribution is -0.113. The minimum absolute atomic E-state index is 0.106. The minimum atomic E-state index is -0.379. The Bertz CT molecular complexity index is 1290. The summed E-state index contributed by atoms with van der Waals surface area (Å²) in [5.74, 6) is 0.695. The zero-order chi connectivity index (χ0) is 26.7. The molecule has 1 aliphatic rings. The van der Waals surface area contributed by atoms with Crippen LogP contribution in [0.15, 0.2) is 29.4 Å². The van der Waals surface area contributed by atoms with Gasteiger partial charge in [-0.2, -0.15) is 0 Å². The number of thiophene rings is 1. The number of aromatic nitrogens is 3. The molecular formula is C27H34N4O4S2. The molecule has 3 aromatic rings. The van der Waals surface area contributed by atoms with Gasteiger partial charge >= 0.3 is 5.97 Å². The molecule has 2 N–H and O–H groups in total. The van der Waals surface area contributed by atoms with Crippen molar-refractivity contribution in [2.24, 2.45) is 11.3 Å². The summed E-state index contributed by atoms with van der Waals surface area (Å²) >= 11 is 2.76. The van der Waals surface area contributed by atoms with Crippen LogP contribution in [-0.4, -0.2) is 44.1 Å². The summed E-state index contributed by atoms with van der Waals surface area (Å²) in [6.07, 6.45) is 2.71. The van der Waals surface area contributed by atoms with Crippen LogP contribution in [0.5, 0.6) is 5.75 Å². The smallest absolute Gasteiger partial charge is 0.341 e. The predicted molar refractivity (Wildman–Crippen MR) is 147 cm³/mol. The largest absolute Gasteiger partial charge is 0.507 e. The Morgan fingerprint density at radius 1 is 1.24 bits per heavy atom. The molecule has 0 aliphatic heterocycles. The lowest BCUT2D eigenvalue weighted by Crippen LogP contribution is -2.26. The highest BCUT2D eigenvalue weighted by Gasteiger charge is 2.34. The van der Waals surface area contributed by atoms with Crippen molar-refractivity contribution in [3.8, 4) is 17.1 Å². The SMILES string of the molecule is CCOC(=O)c1c(NC(=O)CSc2nnc(-c3ccccc3O)n2CC)sc2c1CC[C@@H](C(C)(C)C)C2. The number of hydrogen-bond acceptors (Lipinski definition) is 8. The van der Waals surface area contributed by atoms with E-state index in [1.54, 1.807) is 25.1 Å². The first-order chi connectivity index (χ1) is 17.6. The van der Waals surface area contributed by atoms with Gasteiger partial charge in [0.2, 0.25) is 5.91 Å². The van der Waals surface area contributed by atoms with Crippen LogP contribution in [0.1, 0.15) is 61.8 Å². The number of benzene rings is 1. The maximum Gasteiger partial charge on any atom is 0.341 e. The van der Waals surface area contributed by atoms with Crippen LogP contribution in [0.25, 0.3) is 11.4 Å². The van der Waals surface area contributed by atoms with E-state index < -0.39 is 0 Å². The summed E-state index contributed by atoms with van der Waals surface area (Å²) in [4.78, 5) is 27.0. The van der Waals surface area contributed by atoms with Gasteiger partial charge in [-0.25, -0.2) is 4.79 Å². The third-order valence-corrected chi connectivity index (χ3v) is 8.87. The van der Waals surface area contributed by atoms with E-state index in [-0.39, 0.29) is 35.4 Å². The Balaban J connectivity index is 1.52. The highest BCUT2D eigenvalue weighted by molar-refractivity contribution is 7.99. The second-order valence-corrected chi connectivity index (χ2v) is 12.2. The Kier molecular flexibility index (Phi) is 8.28. The zero-order valence-corrected chi connectivity index (χ0v) is 23.6. The predicted octanol–water partition coefficient (Wildman–Crippen LogP) is 5.79. The van der Waals surface area contributed by atoms with Crippen LogP contribution in [0.2, 0.25) is 0 Å². The number of amides is 1. The lowest BCUT2D eigenvalue weighted by Gasteiger charge is -2.33. The van der Waals surface area contributed by atoms with Crippen molar-refractivity contribution in [2.45, 2.75) is 65.6 Å². The van der Waals surface area contributed by atoms with Gasteiger partial charge < -0.3 is 19.7 Å². The summed E-state index contributed by atoms with van der Waals surface area (Å²) in [6, 6.07) is 6.97. The molecule has 1 aliphatic carbocycles. The molecule has 37 heavy (non-hydrogen) atoms. The number of carbonyl (C=O) groups excluding carboxylic acids is 2. The third-order valence-electron chi connectivity index (χ3n) is 6.73. The van der Waals surface area contributed by atoms with Crippen molar-refractivity contribution >= 4 is 40.0 Å². The monoisotopic (exact) mass is 542 g/mol. The van der Waals surface area contributed by atoms with Crippen LogP contribution < -0.4 is 5.32 Å². The van der Waals surface area contributed by atoms with E-state index >= 15 is 0 Å². The molecule has 8 nitrogen and oxygen atoms in total. The van der Waals surface area contributed by atoms with Crippen LogP contribution in [0.4, 0.5) is 5.00 Å². The Morgan fingerprint density at radius 2 is 2.00 bits per heavy atom. The quantitative estimate of drug-likeness (QED) is 0.274. The number of nitrogens with one attached hydrogen (secondary N) is 1. The van der Waals surface area contributed by atoms with E-state index in [9.17, 15) is 14.7 Å². The summed E-state index contributed by atoms with van der Waals surface area (Å²) in [6.45, 7) is 11.4. The second kappa shape index (κ2) is 11.3. The molecule has 2 heterocycles. The van der Waals surface area contributed by atoms with E-state index in [1.165, 1.54) is 23.1 Å². The molecule has 10 heteroatoms. The molecule has 1 aromatic carbocycles. The fourth-order valence-electron chi connectivity index (χ4n) is 4.67. The van der Waals surface area contributed by atoms with Crippen LogP contribution in [-0.2, 0) is 28.9 Å². The van der Waals surface area contributed by atoms with Gasteiger partial charge in [0.05, 0.1) is 23.5 Å². The zero-order valence-electron chi connectivity index (χ0n) is 22.0. The maximum absolute atomic E-state index is 13.0. The van der Waals surface area contributed by atoms with Crippen LogP contribution in [0.3, 0.4) is 0 Å². The number of carbonyl (C=O) groups is 2. The van der Waals surface area contributed by atoms with Gasteiger partial charge in [-0.3, -0.25) is 4.79 Å². The summed E-state index contributed by atoms with van der Waals surface area (Å²) < 4.78 is 7.22. The van der Waals surface area contributed by atoms with Crippen molar-refractivity contribution in [3.63, 3.8) is 0 Å². The minimum Gasteiger partial charge on any atom is -0.507 e. The second-order valence-electron chi connectivity index (χ2n) is 10.1. The number of thioether (sulfide) groups is 1. The molecule has 1 amide bonds. The molecule has 4 rings (SSSR count). The van der Waals surface area contributed by atoms with Crippen molar-refractivity contribution < 1.29 is 19.4 Å². The van der Waals surface area contributed by atoms with E-state index in [4.69, 9.17) is 4.74 Å². The normalized spacial score (nSPS) is 15.3. The highest BCUT2D eigenvalue weighted by atomic mass is 32.2. The number of anilines is 1.